The van der Waals surface area contributed by atoms with Crippen LogP contribution in [-0.2, 0) is 4.79 Å². The van der Waals surface area contributed by atoms with Gasteiger partial charge in [0.2, 0.25) is 0 Å². The monoisotopic (exact) mass is 383 g/mol. The number of fused-ring (bicyclic) bond motifs is 1. The first-order chi connectivity index (χ1) is 13.1. The molecule has 0 fully saturated rings. The van der Waals surface area contributed by atoms with Gasteiger partial charge in [-0.15, -0.1) is 0 Å². The maximum Gasteiger partial charge on any atom is 0.261 e. The van der Waals surface area contributed by atoms with Crippen LogP contribution in [0.3, 0.4) is 0 Å². The van der Waals surface area contributed by atoms with Crippen molar-refractivity contribution in [2.75, 3.05) is 12.0 Å². The summed E-state index contributed by atoms with van der Waals surface area (Å²) in [5.41, 5.74) is 2.97. The topological polar surface area (TPSA) is 67.0 Å². The molecule has 1 amide bonds. The smallest absolute Gasteiger partial charge is 0.261 e. The molecular weight excluding hydrogens is 358 g/mol. The van der Waals surface area contributed by atoms with Gasteiger partial charge in [-0.2, -0.15) is 11.8 Å². The number of carbonyl (C=O) groups excluding carboxylic acids is 1. The van der Waals surface area contributed by atoms with Gasteiger partial charge in [-0.1, -0.05) is 24.3 Å². The fraction of sp³-hybridized carbons (Fsp3) is 0.333. The van der Waals surface area contributed by atoms with E-state index in [0.29, 0.717) is 5.75 Å². The molecule has 3 rings (SSSR count). The lowest BCUT2D eigenvalue weighted by Gasteiger charge is -2.20. The number of H-pyrrole nitrogens is 1. The van der Waals surface area contributed by atoms with Gasteiger partial charge in [0.1, 0.15) is 11.6 Å². The molecule has 0 aliphatic carbocycles. The summed E-state index contributed by atoms with van der Waals surface area (Å²) >= 11 is 1.75. The summed E-state index contributed by atoms with van der Waals surface area (Å²) < 4.78 is 5.81. The van der Waals surface area contributed by atoms with Crippen LogP contribution in [0, 0.1) is 6.92 Å². The summed E-state index contributed by atoms with van der Waals surface area (Å²) in [6.07, 6.45) is 2.26. The molecule has 0 bridgehead atoms. The third-order valence-electron chi connectivity index (χ3n) is 4.34. The van der Waals surface area contributed by atoms with Gasteiger partial charge in [-0.05, 0) is 62.1 Å². The van der Waals surface area contributed by atoms with Crippen LogP contribution < -0.4 is 10.1 Å². The predicted octanol–water partition coefficient (Wildman–Crippen LogP) is 4.25. The number of hydrogen-bond acceptors (Lipinski definition) is 4. The number of thioether (sulfide) groups is 1. The van der Waals surface area contributed by atoms with Crippen LogP contribution in [0.15, 0.2) is 48.5 Å². The molecule has 6 heteroatoms. The van der Waals surface area contributed by atoms with Crippen LogP contribution in [0.4, 0.5) is 0 Å². The van der Waals surface area contributed by atoms with Crippen molar-refractivity contribution in [3.63, 3.8) is 0 Å². The molecule has 2 N–H and O–H groups in total. The fourth-order valence-corrected chi connectivity index (χ4v) is 3.36. The molecule has 5 nitrogen and oxygen atoms in total. The Kier molecular flexibility index (Phi) is 6.40. The highest BCUT2D eigenvalue weighted by Gasteiger charge is 2.22. The third kappa shape index (κ3) is 5.04. The van der Waals surface area contributed by atoms with E-state index in [2.05, 4.69) is 21.5 Å². The number of imidazole rings is 1. The van der Waals surface area contributed by atoms with E-state index in [1.165, 1.54) is 0 Å². The summed E-state index contributed by atoms with van der Waals surface area (Å²) in [6, 6.07) is 15.4. The molecule has 0 aliphatic heterocycles. The highest BCUT2D eigenvalue weighted by Crippen LogP contribution is 2.21. The summed E-state index contributed by atoms with van der Waals surface area (Å²) in [7, 11) is 0. The molecule has 0 radical (unpaired) electrons. The zero-order valence-electron chi connectivity index (χ0n) is 15.9. The summed E-state index contributed by atoms with van der Waals surface area (Å²) in [4.78, 5) is 20.7. The zero-order valence-corrected chi connectivity index (χ0v) is 16.7. The van der Waals surface area contributed by atoms with E-state index in [9.17, 15) is 4.79 Å². The van der Waals surface area contributed by atoms with Crippen LogP contribution in [0.25, 0.3) is 11.0 Å². The number of nitrogens with zero attached hydrogens (tertiary/aromatic N) is 1. The van der Waals surface area contributed by atoms with Crippen LogP contribution in [-0.4, -0.2) is 34.0 Å². The Balaban J connectivity index is 1.72. The number of amides is 1. The van der Waals surface area contributed by atoms with E-state index >= 15 is 0 Å². The van der Waals surface area contributed by atoms with Gasteiger partial charge < -0.3 is 15.0 Å². The van der Waals surface area contributed by atoms with Crippen molar-refractivity contribution < 1.29 is 9.53 Å². The van der Waals surface area contributed by atoms with Crippen molar-refractivity contribution in [3.8, 4) is 5.75 Å². The number of aromatic nitrogens is 2. The second-order valence-electron chi connectivity index (χ2n) is 6.56. The van der Waals surface area contributed by atoms with E-state index in [0.717, 1.165) is 34.6 Å². The molecular formula is C21H25N3O2S. The zero-order chi connectivity index (χ0) is 19.2. The molecule has 0 aliphatic rings. The maximum absolute atomic E-state index is 12.7. The highest BCUT2D eigenvalue weighted by atomic mass is 32.2. The van der Waals surface area contributed by atoms with Crippen molar-refractivity contribution in [1.29, 1.82) is 0 Å². The highest BCUT2D eigenvalue weighted by molar-refractivity contribution is 7.98. The standard InChI is InChI=1S/C21H25N3O2S/c1-14-7-6-8-16(13-14)26-15(2)21(25)24-19(11-12-27-3)20-22-17-9-4-5-10-18(17)23-20/h4-10,13,15,19H,11-12H2,1-3H3,(H,22,23)(H,24,25)/t15-,19-/m0/s1. The first-order valence-corrected chi connectivity index (χ1v) is 10.4. The normalized spacial score (nSPS) is 13.3. The van der Waals surface area contributed by atoms with Gasteiger partial charge in [0, 0.05) is 0 Å². The Labute approximate surface area is 163 Å². The minimum Gasteiger partial charge on any atom is -0.481 e. The average Bonchev–Trinajstić information content (AvgIpc) is 3.09. The molecule has 1 aromatic heterocycles. The Morgan fingerprint density at radius 1 is 1.26 bits per heavy atom. The number of hydrogen-bond donors (Lipinski definition) is 2. The van der Waals surface area contributed by atoms with Crippen molar-refractivity contribution in [3.05, 3.63) is 59.9 Å². The van der Waals surface area contributed by atoms with Crippen molar-refractivity contribution >= 4 is 28.7 Å². The Morgan fingerprint density at radius 2 is 2.07 bits per heavy atom. The molecule has 142 valence electrons. The molecule has 1 heterocycles. The first kappa shape index (κ1) is 19.3. The molecule has 27 heavy (non-hydrogen) atoms. The van der Waals surface area contributed by atoms with Gasteiger partial charge in [0.15, 0.2) is 6.10 Å². The molecule has 3 aromatic rings. The van der Waals surface area contributed by atoms with E-state index in [1.54, 1.807) is 18.7 Å². The summed E-state index contributed by atoms with van der Waals surface area (Å²) in [6.45, 7) is 3.76. The lowest BCUT2D eigenvalue weighted by molar-refractivity contribution is -0.128. The molecule has 2 aromatic carbocycles. The van der Waals surface area contributed by atoms with Crippen LogP contribution >= 0.6 is 11.8 Å². The number of carbonyl (C=O) groups is 1. The lowest BCUT2D eigenvalue weighted by atomic mass is 10.2. The third-order valence-corrected chi connectivity index (χ3v) is 4.98. The van der Waals surface area contributed by atoms with Gasteiger partial charge in [0.25, 0.3) is 5.91 Å². The van der Waals surface area contributed by atoms with Crippen molar-refractivity contribution in [2.45, 2.75) is 32.4 Å². The van der Waals surface area contributed by atoms with Crippen LogP contribution in [0.1, 0.15) is 30.8 Å². The predicted molar refractivity (Wildman–Crippen MR) is 111 cm³/mol. The average molecular weight is 384 g/mol. The van der Waals surface area contributed by atoms with Crippen molar-refractivity contribution in [2.24, 2.45) is 0 Å². The van der Waals surface area contributed by atoms with E-state index in [-0.39, 0.29) is 11.9 Å². The van der Waals surface area contributed by atoms with Crippen LogP contribution in [0.2, 0.25) is 0 Å². The van der Waals surface area contributed by atoms with E-state index in [1.807, 2.05) is 55.5 Å². The van der Waals surface area contributed by atoms with Gasteiger partial charge in [-0.25, -0.2) is 4.98 Å². The fourth-order valence-electron chi connectivity index (χ4n) is 2.89. The second kappa shape index (κ2) is 8.95. The number of ether oxygens (including phenoxy) is 1. The SMILES string of the molecule is CSCC[C@H](NC(=O)[C@H](C)Oc1cccc(C)c1)c1nc2ccccc2[nH]1. The van der Waals surface area contributed by atoms with Crippen molar-refractivity contribution in [1.82, 2.24) is 15.3 Å². The van der Waals surface area contributed by atoms with Gasteiger partial charge >= 0.3 is 0 Å². The van der Waals surface area contributed by atoms with Crippen LogP contribution in [0.5, 0.6) is 5.75 Å². The number of aryl methyl sites for hydroxylation is 1. The largest absolute Gasteiger partial charge is 0.481 e. The number of nitrogens with one attached hydrogen (secondary N) is 2. The molecule has 0 unspecified atom stereocenters. The van der Waals surface area contributed by atoms with E-state index < -0.39 is 6.10 Å². The quantitative estimate of drug-likeness (QED) is 0.610. The maximum atomic E-state index is 12.7. The number of rotatable bonds is 8. The first-order valence-electron chi connectivity index (χ1n) is 9.04. The second-order valence-corrected chi connectivity index (χ2v) is 7.54. The Bertz CT molecular complexity index is 876. The molecule has 0 spiro atoms. The minimum atomic E-state index is -0.590. The Morgan fingerprint density at radius 3 is 2.81 bits per heavy atom. The summed E-state index contributed by atoms with van der Waals surface area (Å²) in [5.74, 6) is 2.25. The van der Waals surface area contributed by atoms with Gasteiger partial charge in [0.05, 0.1) is 17.1 Å². The molecule has 0 saturated heterocycles. The number of aromatic amines is 1. The molecule has 2 atom stereocenters. The summed E-state index contributed by atoms with van der Waals surface area (Å²) in [5, 5.41) is 3.09. The van der Waals surface area contributed by atoms with E-state index in [4.69, 9.17) is 4.74 Å². The lowest BCUT2D eigenvalue weighted by Crippen LogP contribution is -2.39. The number of benzene rings is 2. The molecule has 0 saturated carbocycles. The Hall–Kier alpha value is -2.47. The van der Waals surface area contributed by atoms with Gasteiger partial charge in [-0.3, -0.25) is 4.79 Å². The number of para-hydroxylation sites is 2. The minimum absolute atomic E-state index is 0.150.